The first-order valence-corrected chi connectivity index (χ1v) is 13.7. The van der Waals surface area contributed by atoms with Gasteiger partial charge in [0.15, 0.2) is 21.5 Å². The molecule has 3 heterocycles. The molecule has 1 aromatic heterocycles. The number of amides is 1. The molecule has 0 radical (unpaired) electrons. The molecule has 2 aliphatic rings. The lowest BCUT2D eigenvalue weighted by Crippen LogP contribution is -2.58. The Morgan fingerprint density at radius 2 is 1.91 bits per heavy atom. The molecule has 0 N–H and O–H groups in total. The van der Waals surface area contributed by atoms with Gasteiger partial charge < -0.3 is 14.5 Å². The minimum absolute atomic E-state index is 0.0781. The van der Waals surface area contributed by atoms with Gasteiger partial charge in [-0.25, -0.2) is 18.4 Å². The number of carbonyl (C=O) groups is 1. The minimum Gasteiger partial charge on any atom is -0.377 e. The predicted octanol–water partition coefficient (Wildman–Crippen LogP) is 3.25. The monoisotopic (exact) mass is 492 g/mol. The van der Waals surface area contributed by atoms with E-state index in [0.717, 1.165) is 29.8 Å². The normalized spacial score (nSPS) is 17.8. The number of aromatic nitrogens is 2. The molecule has 1 fully saturated rings. The second-order valence-corrected chi connectivity index (χ2v) is 11.0. The van der Waals surface area contributed by atoms with E-state index in [0.29, 0.717) is 31.3 Å². The Morgan fingerprint density at radius 1 is 1.11 bits per heavy atom. The standard InChI is InChI=1S/C26H28N4O4S/c1-3-5-18-6-4-7-20(14-18)24-27-15-22-25(28-24)29-12-13-34-17-23(29)26(31)30(22)16-19-8-10-21(11-9-19)35(2,32)33/h4,6-11,14-15,23H,3,5,12-13,16-17H2,1-2H3. The number of ether oxygens (including phenoxy) is 1. The fraction of sp³-hybridized carbons (Fsp3) is 0.346. The van der Waals surface area contributed by atoms with Gasteiger partial charge in [0.05, 0.1) is 30.9 Å². The van der Waals surface area contributed by atoms with E-state index in [1.54, 1.807) is 35.4 Å². The van der Waals surface area contributed by atoms with Crippen LogP contribution in [0.5, 0.6) is 0 Å². The van der Waals surface area contributed by atoms with Crippen LogP contribution in [0.15, 0.2) is 59.6 Å². The number of benzene rings is 2. The van der Waals surface area contributed by atoms with Crippen LogP contribution in [0.3, 0.4) is 0 Å². The molecule has 35 heavy (non-hydrogen) atoms. The van der Waals surface area contributed by atoms with Crippen molar-refractivity contribution < 1.29 is 17.9 Å². The highest BCUT2D eigenvalue weighted by atomic mass is 32.2. The summed E-state index contributed by atoms with van der Waals surface area (Å²) in [6, 6.07) is 14.4. The number of morpholine rings is 1. The molecule has 1 saturated heterocycles. The van der Waals surface area contributed by atoms with Crippen LogP contribution >= 0.6 is 0 Å². The first kappa shape index (κ1) is 23.4. The molecule has 1 atom stereocenters. The molecule has 1 amide bonds. The third-order valence-corrected chi connectivity index (χ3v) is 7.54. The summed E-state index contributed by atoms with van der Waals surface area (Å²) in [4.78, 5) is 27.0. The van der Waals surface area contributed by atoms with E-state index < -0.39 is 15.9 Å². The summed E-state index contributed by atoms with van der Waals surface area (Å²) >= 11 is 0. The Kier molecular flexibility index (Phi) is 6.29. The summed E-state index contributed by atoms with van der Waals surface area (Å²) in [5, 5.41) is 0. The van der Waals surface area contributed by atoms with Crippen molar-refractivity contribution in [2.45, 2.75) is 37.2 Å². The first-order chi connectivity index (χ1) is 16.8. The molecule has 0 bridgehead atoms. The fourth-order valence-corrected chi connectivity index (χ4v) is 5.24. The third kappa shape index (κ3) is 4.66. The van der Waals surface area contributed by atoms with Crippen LogP contribution < -0.4 is 9.80 Å². The van der Waals surface area contributed by atoms with E-state index >= 15 is 0 Å². The summed E-state index contributed by atoms with van der Waals surface area (Å²) in [5.74, 6) is 1.26. The van der Waals surface area contributed by atoms with E-state index in [9.17, 15) is 13.2 Å². The summed E-state index contributed by atoms with van der Waals surface area (Å²) < 4.78 is 29.3. The highest BCUT2D eigenvalue weighted by Crippen LogP contribution is 2.37. The van der Waals surface area contributed by atoms with Crippen molar-refractivity contribution in [2.75, 3.05) is 35.8 Å². The number of carbonyl (C=O) groups excluding carboxylic acids is 1. The van der Waals surface area contributed by atoms with Gasteiger partial charge in [-0.3, -0.25) is 4.79 Å². The molecule has 0 aliphatic carbocycles. The van der Waals surface area contributed by atoms with Crippen LogP contribution in [0.25, 0.3) is 11.4 Å². The molecular weight excluding hydrogens is 464 g/mol. The lowest BCUT2D eigenvalue weighted by atomic mass is 10.1. The number of sulfone groups is 1. The zero-order valence-electron chi connectivity index (χ0n) is 19.8. The third-order valence-electron chi connectivity index (χ3n) is 6.41. The Labute approximate surface area is 205 Å². The van der Waals surface area contributed by atoms with E-state index in [1.807, 2.05) is 17.0 Å². The lowest BCUT2D eigenvalue weighted by molar-refractivity contribution is -0.122. The second kappa shape index (κ2) is 9.39. The van der Waals surface area contributed by atoms with E-state index in [2.05, 4.69) is 24.0 Å². The van der Waals surface area contributed by atoms with Crippen molar-refractivity contribution in [2.24, 2.45) is 0 Å². The quantitative estimate of drug-likeness (QED) is 0.522. The molecule has 2 aromatic carbocycles. The van der Waals surface area contributed by atoms with Crippen molar-refractivity contribution in [3.63, 3.8) is 0 Å². The number of rotatable bonds is 6. The molecule has 182 valence electrons. The Balaban J connectivity index is 1.53. The van der Waals surface area contributed by atoms with Crippen molar-refractivity contribution in [1.82, 2.24) is 9.97 Å². The lowest BCUT2D eigenvalue weighted by Gasteiger charge is -2.44. The van der Waals surface area contributed by atoms with Gasteiger partial charge >= 0.3 is 0 Å². The van der Waals surface area contributed by atoms with Gasteiger partial charge in [0.2, 0.25) is 0 Å². The van der Waals surface area contributed by atoms with Crippen LogP contribution in [0.2, 0.25) is 0 Å². The van der Waals surface area contributed by atoms with Gasteiger partial charge in [-0.15, -0.1) is 0 Å². The van der Waals surface area contributed by atoms with E-state index in [4.69, 9.17) is 9.72 Å². The zero-order valence-corrected chi connectivity index (χ0v) is 20.7. The van der Waals surface area contributed by atoms with Gasteiger partial charge in [-0.05, 0) is 35.7 Å². The van der Waals surface area contributed by atoms with Crippen LogP contribution in [0.4, 0.5) is 11.5 Å². The topological polar surface area (TPSA) is 92.7 Å². The van der Waals surface area contributed by atoms with E-state index in [1.165, 1.54) is 11.8 Å². The number of hydrogen-bond acceptors (Lipinski definition) is 7. The fourth-order valence-electron chi connectivity index (χ4n) is 4.61. The molecule has 9 heteroatoms. The number of nitrogens with zero attached hydrogens (tertiary/aromatic N) is 4. The highest BCUT2D eigenvalue weighted by molar-refractivity contribution is 7.90. The smallest absolute Gasteiger partial charge is 0.252 e. The van der Waals surface area contributed by atoms with Gasteiger partial charge in [-0.2, -0.15) is 0 Å². The van der Waals surface area contributed by atoms with Crippen molar-refractivity contribution in [1.29, 1.82) is 0 Å². The zero-order chi connectivity index (χ0) is 24.6. The van der Waals surface area contributed by atoms with Gasteiger partial charge in [0.25, 0.3) is 5.91 Å². The van der Waals surface area contributed by atoms with Crippen LogP contribution in [0, 0.1) is 0 Å². The number of anilines is 2. The molecule has 5 rings (SSSR count). The maximum atomic E-state index is 13.5. The maximum absolute atomic E-state index is 13.5. The van der Waals surface area contributed by atoms with Crippen molar-refractivity contribution >= 4 is 27.2 Å². The average molecular weight is 493 g/mol. The van der Waals surface area contributed by atoms with E-state index in [-0.39, 0.29) is 17.3 Å². The van der Waals surface area contributed by atoms with Crippen molar-refractivity contribution in [3.8, 4) is 11.4 Å². The first-order valence-electron chi connectivity index (χ1n) is 11.8. The van der Waals surface area contributed by atoms with Crippen LogP contribution in [-0.4, -0.2) is 56.3 Å². The molecule has 1 unspecified atom stereocenters. The summed E-state index contributed by atoms with van der Waals surface area (Å²) in [6.07, 6.45) is 4.95. The average Bonchev–Trinajstić information content (AvgIpc) is 2.86. The number of fused-ring (bicyclic) bond motifs is 3. The summed E-state index contributed by atoms with van der Waals surface area (Å²) in [7, 11) is -3.29. The van der Waals surface area contributed by atoms with Gasteiger partial charge in [0.1, 0.15) is 11.7 Å². The Hall–Kier alpha value is -3.30. The largest absolute Gasteiger partial charge is 0.377 e. The predicted molar refractivity (Wildman–Crippen MR) is 134 cm³/mol. The Bertz CT molecular complexity index is 1360. The molecule has 0 spiro atoms. The van der Waals surface area contributed by atoms with Crippen LogP contribution in [-0.2, 0) is 32.3 Å². The summed E-state index contributed by atoms with van der Waals surface area (Å²) in [5.41, 5.74) is 3.65. The Morgan fingerprint density at radius 3 is 2.66 bits per heavy atom. The maximum Gasteiger partial charge on any atom is 0.252 e. The summed E-state index contributed by atoms with van der Waals surface area (Å²) in [6.45, 7) is 3.84. The molecule has 0 saturated carbocycles. The number of hydrogen-bond donors (Lipinski definition) is 0. The van der Waals surface area contributed by atoms with Crippen molar-refractivity contribution in [3.05, 3.63) is 65.9 Å². The number of aryl methyl sites for hydroxylation is 1. The molecule has 3 aromatic rings. The SMILES string of the molecule is CCCc1cccc(-c2ncc3c(n2)N2CCOCC2C(=O)N3Cc2ccc(S(C)(=O)=O)cc2)c1. The molecular formula is C26H28N4O4S. The van der Waals surface area contributed by atoms with Crippen LogP contribution in [0.1, 0.15) is 24.5 Å². The van der Waals surface area contributed by atoms with Gasteiger partial charge in [-0.1, -0.05) is 43.7 Å². The minimum atomic E-state index is -3.29. The molecule has 8 nitrogen and oxygen atoms in total. The van der Waals surface area contributed by atoms with Gasteiger partial charge in [0, 0.05) is 18.4 Å². The second-order valence-electron chi connectivity index (χ2n) is 8.98. The molecule has 2 aliphatic heterocycles. The highest BCUT2D eigenvalue weighted by Gasteiger charge is 2.41.